The van der Waals surface area contributed by atoms with Gasteiger partial charge in [0.2, 0.25) is 11.8 Å². The standard InChI is InChI=1S/2C26H32N2O5/c2*1-17-10-6-8-12-22(20-15-14-19(31-4)16-24(20)32-5)27-25(29)18(2)28(3)26(30)21-11-7-9-13-23(21)33-17/h2*6-9,11,13-18,22H,10,12H2,1-5H3,(H,27,29)/b8-6+;8-6-/t2*17-,18+,22+/m00/s1. The molecule has 0 aromatic heterocycles. The number of hydrogen-bond acceptors (Lipinski definition) is 10. The van der Waals surface area contributed by atoms with E-state index in [1.165, 1.54) is 9.80 Å². The fourth-order valence-electron chi connectivity index (χ4n) is 7.47. The number of nitrogens with zero attached hydrogens (tertiary/aromatic N) is 2. The molecule has 0 saturated carbocycles. The highest BCUT2D eigenvalue weighted by Gasteiger charge is 2.30. The van der Waals surface area contributed by atoms with Crippen LogP contribution < -0.4 is 39.1 Å². The van der Waals surface area contributed by atoms with Crippen LogP contribution in [0.4, 0.5) is 0 Å². The lowest BCUT2D eigenvalue weighted by molar-refractivity contribution is -0.126. The van der Waals surface area contributed by atoms with Gasteiger partial charge < -0.3 is 48.9 Å². The van der Waals surface area contributed by atoms with Gasteiger partial charge in [0.25, 0.3) is 11.8 Å². The van der Waals surface area contributed by atoms with Crippen LogP contribution in [0.15, 0.2) is 109 Å². The second-order valence-electron chi connectivity index (χ2n) is 16.3. The Morgan fingerprint density at radius 3 is 1.23 bits per heavy atom. The Labute approximate surface area is 388 Å². The Morgan fingerprint density at radius 2 is 0.864 bits per heavy atom. The maximum Gasteiger partial charge on any atom is 0.258 e. The minimum absolute atomic E-state index is 0.121. The first-order valence-electron chi connectivity index (χ1n) is 22.1. The molecule has 2 N–H and O–H groups in total. The van der Waals surface area contributed by atoms with Gasteiger partial charge in [0.1, 0.15) is 46.6 Å². The molecular weight excluding hydrogens is 841 g/mol. The van der Waals surface area contributed by atoms with E-state index < -0.39 is 12.1 Å². The van der Waals surface area contributed by atoms with Gasteiger partial charge in [-0.25, -0.2) is 0 Å². The monoisotopic (exact) mass is 904 g/mol. The highest BCUT2D eigenvalue weighted by molar-refractivity contribution is 6.00. The largest absolute Gasteiger partial charge is 0.497 e. The smallest absolute Gasteiger partial charge is 0.258 e. The van der Waals surface area contributed by atoms with Crippen molar-refractivity contribution in [3.63, 3.8) is 0 Å². The molecular formula is C52H64N4O10. The second-order valence-corrected chi connectivity index (χ2v) is 16.3. The fraction of sp³-hybridized carbons (Fsp3) is 0.385. The normalized spacial score (nSPS) is 22.9. The third kappa shape index (κ3) is 12.6. The van der Waals surface area contributed by atoms with Gasteiger partial charge in [-0.15, -0.1) is 0 Å². The molecule has 352 valence electrons. The van der Waals surface area contributed by atoms with E-state index in [-0.39, 0.29) is 47.9 Å². The molecule has 66 heavy (non-hydrogen) atoms. The maximum atomic E-state index is 13.2. The van der Waals surface area contributed by atoms with Gasteiger partial charge in [-0.05, 0) is 89.1 Å². The summed E-state index contributed by atoms with van der Waals surface area (Å²) in [6, 6.07) is 23.2. The zero-order valence-corrected chi connectivity index (χ0v) is 39.7. The molecule has 0 aliphatic carbocycles. The molecule has 14 heteroatoms. The van der Waals surface area contributed by atoms with Crippen molar-refractivity contribution in [1.29, 1.82) is 0 Å². The quantitative estimate of drug-likeness (QED) is 0.181. The SMILES string of the molecule is COc1ccc([C@H]2C/C=C/C[C@H](C)Oc3ccccc3C(=O)N(C)[C@H](C)C(=O)N2)c(OC)c1.COc1ccc([C@H]2C/C=C\C[C@H](C)Oc3ccccc3C(=O)N(C)[C@H](C)C(=O)N2)c(OC)c1. The average molecular weight is 905 g/mol. The summed E-state index contributed by atoms with van der Waals surface area (Å²) >= 11 is 0. The Morgan fingerprint density at radius 1 is 0.500 bits per heavy atom. The number of carbonyl (C=O) groups is 4. The first kappa shape index (κ1) is 50.0. The molecule has 6 atom stereocenters. The molecule has 0 saturated heterocycles. The number of likely N-dealkylation sites (N-methyl/N-ethyl adjacent to an activating group) is 2. The van der Waals surface area contributed by atoms with E-state index in [1.807, 2.05) is 74.5 Å². The number of nitrogens with one attached hydrogen (secondary N) is 2. The topological polar surface area (TPSA) is 154 Å². The molecule has 2 heterocycles. The minimum Gasteiger partial charge on any atom is -0.497 e. The van der Waals surface area contributed by atoms with Gasteiger partial charge in [-0.2, -0.15) is 0 Å². The number of ether oxygens (including phenoxy) is 6. The molecule has 2 aliphatic rings. The summed E-state index contributed by atoms with van der Waals surface area (Å²) in [5.74, 6) is 2.55. The van der Waals surface area contributed by atoms with Crippen LogP contribution >= 0.6 is 0 Å². The molecule has 0 unspecified atom stereocenters. The predicted molar refractivity (Wildman–Crippen MR) is 254 cm³/mol. The van der Waals surface area contributed by atoms with E-state index in [2.05, 4.69) is 10.6 Å². The van der Waals surface area contributed by atoms with Crippen molar-refractivity contribution in [3.8, 4) is 34.5 Å². The van der Waals surface area contributed by atoms with Crippen LogP contribution in [0.2, 0.25) is 0 Å². The molecule has 4 aromatic carbocycles. The number of amides is 4. The number of hydrogen-bond donors (Lipinski definition) is 2. The van der Waals surface area contributed by atoms with Crippen molar-refractivity contribution >= 4 is 23.6 Å². The number of rotatable bonds is 6. The van der Waals surface area contributed by atoms with Crippen LogP contribution in [0.25, 0.3) is 0 Å². The molecule has 4 aromatic rings. The average Bonchev–Trinajstić information content (AvgIpc) is 3.33. The molecule has 0 radical (unpaired) electrons. The van der Waals surface area contributed by atoms with Gasteiger partial charge >= 0.3 is 0 Å². The van der Waals surface area contributed by atoms with E-state index in [0.717, 1.165) is 11.1 Å². The van der Waals surface area contributed by atoms with Gasteiger partial charge in [-0.1, -0.05) is 48.6 Å². The Bertz CT molecular complexity index is 2200. The van der Waals surface area contributed by atoms with Crippen LogP contribution in [0.1, 0.15) is 97.3 Å². The van der Waals surface area contributed by atoms with E-state index in [9.17, 15) is 19.2 Å². The summed E-state index contributed by atoms with van der Waals surface area (Å²) in [4.78, 5) is 55.7. The van der Waals surface area contributed by atoms with E-state index >= 15 is 0 Å². The van der Waals surface area contributed by atoms with Crippen LogP contribution in [0.3, 0.4) is 0 Å². The van der Waals surface area contributed by atoms with Crippen LogP contribution in [-0.2, 0) is 9.59 Å². The lowest BCUT2D eigenvalue weighted by Crippen LogP contribution is -2.47. The summed E-state index contributed by atoms with van der Waals surface area (Å²) in [5, 5.41) is 6.20. The summed E-state index contributed by atoms with van der Waals surface area (Å²) in [6.45, 7) is 7.36. The third-order valence-corrected chi connectivity index (χ3v) is 11.7. The van der Waals surface area contributed by atoms with E-state index in [0.29, 0.717) is 71.3 Å². The third-order valence-electron chi connectivity index (χ3n) is 11.7. The van der Waals surface area contributed by atoms with Crippen molar-refractivity contribution in [2.75, 3.05) is 42.5 Å². The Kier molecular flexibility index (Phi) is 18.1. The Hall–Kier alpha value is -6.96. The molecule has 2 aliphatic heterocycles. The number of carbonyl (C=O) groups excluding carboxylic acids is 4. The van der Waals surface area contributed by atoms with Crippen molar-refractivity contribution in [1.82, 2.24) is 20.4 Å². The van der Waals surface area contributed by atoms with E-state index in [4.69, 9.17) is 28.4 Å². The van der Waals surface area contributed by atoms with Gasteiger partial charge in [0.05, 0.1) is 63.9 Å². The van der Waals surface area contributed by atoms with Gasteiger partial charge in [0.15, 0.2) is 0 Å². The van der Waals surface area contributed by atoms with Crippen molar-refractivity contribution in [3.05, 3.63) is 131 Å². The van der Waals surface area contributed by atoms with Crippen LogP contribution in [-0.4, -0.2) is 100 Å². The molecule has 0 fully saturated rings. The predicted octanol–water partition coefficient (Wildman–Crippen LogP) is 8.28. The van der Waals surface area contributed by atoms with Crippen molar-refractivity contribution in [2.24, 2.45) is 0 Å². The van der Waals surface area contributed by atoms with Crippen molar-refractivity contribution in [2.45, 2.75) is 89.8 Å². The molecule has 4 amide bonds. The highest BCUT2D eigenvalue weighted by atomic mass is 16.5. The molecule has 0 spiro atoms. The number of methoxy groups -OCH3 is 4. The maximum absolute atomic E-state index is 13.2. The Balaban J connectivity index is 0.000000247. The molecule has 14 nitrogen and oxygen atoms in total. The minimum atomic E-state index is -0.693. The second kappa shape index (κ2) is 23.8. The highest BCUT2D eigenvalue weighted by Crippen LogP contribution is 2.34. The molecule has 6 rings (SSSR count). The first-order chi connectivity index (χ1) is 31.7. The van der Waals surface area contributed by atoms with Gasteiger partial charge in [0, 0.05) is 50.2 Å². The van der Waals surface area contributed by atoms with Crippen LogP contribution in [0.5, 0.6) is 34.5 Å². The fourth-order valence-corrected chi connectivity index (χ4v) is 7.47. The lowest BCUT2D eigenvalue weighted by Gasteiger charge is -2.28. The summed E-state index contributed by atoms with van der Waals surface area (Å²) < 4.78 is 33.9. The summed E-state index contributed by atoms with van der Waals surface area (Å²) in [5.41, 5.74) is 2.53. The lowest BCUT2D eigenvalue weighted by atomic mass is 10.0. The molecule has 0 bridgehead atoms. The van der Waals surface area contributed by atoms with Crippen LogP contribution in [0, 0.1) is 0 Å². The first-order valence-corrected chi connectivity index (χ1v) is 22.1. The summed E-state index contributed by atoms with van der Waals surface area (Å²) in [6.07, 6.45) is 10.3. The zero-order valence-electron chi connectivity index (χ0n) is 39.7. The summed E-state index contributed by atoms with van der Waals surface area (Å²) in [7, 11) is 9.62. The number of benzene rings is 4. The zero-order chi connectivity index (χ0) is 47.9. The number of fused-ring (bicyclic) bond motifs is 2. The van der Waals surface area contributed by atoms with E-state index in [1.54, 1.807) is 105 Å². The van der Waals surface area contributed by atoms with Gasteiger partial charge in [-0.3, -0.25) is 19.2 Å². The number of para-hydroxylation sites is 2. The van der Waals surface area contributed by atoms with Crippen molar-refractivity contribution < 1.29 is 47.6 Å².